The molecule has 0 bridgehead atoms. The molecule has 234 valence electrons. The van der Waals surface area contributed by atoms with E-state index in [0.717, 1.165) is 86.8 Å². The molecule has 8 rings (SSSR count). The monoisotopic (exact) mass is 623 g/mol. The van der Waals surface area contributed by atoms with Gasteiger partial charge in [0.1, 0.15) is 11.2 Å². The quantitative estimate of drug-likeness (QED) is 0.174. The van der Waals surface area contributed by atoms with Crippen molar-refractivity contribution >= 4 is 50.2 Å². The first kappa shape index (κ1) is 29.5. The summed E-state index contributed by atoms with van der Waals surface area (Å²) >= 11 is 0. The normalized spacial score (nSPS) is 15.3. The number of benzene rings is 5. The SMILES string of the molecule is CNc1ccc2ccccc2c1-c1cc(-c2ccc3oc4ccccc4c3c2)ccc1/C=C(\C=C(/N)C1=NC=CCC1)C1=CCCC=C1. The summed E-state index contributed by atoms with van der Waals surface area (Å²) in [6, 6.07) is 34.6. The van der Waals surface area contributed by atoms with E-state index in [9.17, 15) is 0 Å². The maximum atomic E-state index is 6.74. The number of fused-ring (bicyclic) bond motifs is 4. The minimum Gasteiger partial charge on any atom is -0.456 e. The lowest BCUT2D eigenvalue weighted by Gasteiger charge is -2.18. The van der Waals surface area contributed by atoms with Crippen LogP contribution in [-0.2, 0) is 0 Å². The number of nitrogens with zero attached hydrogens (tertiary/aromatic N) is 1. The molecule has 1 aliphatic carbocycles. The first-order chi connectivity index (χ1) is 23.7. The van der Waals surface area contributed by atoms with Crippen molar-refractivity contribution in [1.82, 2.24) is 0 Å². The molecular formula is C44H37N3O. The van der Waals surface area contributed by atoms with Crippen LogP contribution in [0, 0.1) is 0 Å². The van der Waals surface area contributed by atoms with Gasteiger partial charge in [-0.15, -0.1) is 0 Å². The summed E-state index contributed by atoms with van der Waals surface area (Å²) in [5, 5.41) is 8.14. The molecule has 4 heteroatoms. The molecule has 6 aromatic rings. The van der Waals surface area contributed by atoms with Crippen LogP contribution in [0.5, 0.6) is 0 Å². The molecule has 0 unspecified atom stereocenters. The summed E-state index contributed by atoms with van der Waals surface area (Å²) in [7, 11) is 2.00. The first-order valence-electron chi connectivity index (χ1n) is 16.7. The zero-order chi connectivity index (χ0) is 32.5. The van der Waals surface area contributed by atoms with Crippen molar-refractivity contribution in [1.29, 1.82) is 0 Å². The lowest BCUT2D eigenvalue weighted by molar-refractivity contribution is 0.669. The Kier molecular flexibility index (Phi) is 7.83. The van der Waals surface area contributed by atoms with E-state index in [0.29, 0.717) is 5.70 Å². The number of aliphatic imine (C=N–C) groups is 1. The molecule has 1 aliphatic heterocycles. The second kappa shape index (κ2) is 12.7. The Bertz CT molecular complexity index is 2400. The lowest BCUT2D eigenvalue weighted by atomic mass is 9.88. The minimum absolute atomic E-state index is 0.713. The van der Waals surface area contributed by atoms with Crippen molar-refractivity contribution in [3.63, 3.8) is 0 Å². The van der Waals surface area contributed by atoms with Gasteiger partial charge in [-0.2, -0.15) is 0 Å². The molecule has 2 aliphatic rings. The molecule has 0 amide bonds. The third-order valence-corrected chi connectivity index (χ3v) is 9.40. The van der Waals surface area contributed by atoms with Gasteiger partial charge >= 0.3 is 0 Å². The average molecular weight is 624 g/mol. The molecule has 48 heavy (non-hydrogen) atoms. The van der Waals surface area contributed by atoms with Gasteiger partial charge < -0.3 is 15.5 Å². The molecule has 4 nitrogen and oxygen atoms in total. The van der Waals surface area contributed by atoms with Crippen LogP contribution in [-0.4, -0.2) is 12.8 Å². The van der Waals surface area contributed by atoms with E-state index < -0.39 is 0 Å². The van der Waals surface area contributed by atoms with Gasteiger partial charge in [-0.3, -0.25) is 4.99 Å². The number of nitrogens with one attached hydrogen (secondary N) is 1. The summed E-state index contributed by atoms with van der Waals surface area (Å²) in [6.45, 7) is 0. The second-order valence-corrected chi connectivity index (χ2v) is 12.4. The van der Waals surface area contributed by atoms with Gasteiger partial charge in [0.15, 0.2) is 0 Å². The van der Waals surface area contributed by atoms with Crippen LogP contribution in [0.15, 0.2) is 160 Å². The topological polar surface area (TPSA) is 63.5 Å². The molecule has 5 aromatic carbocycles. The molecule has 0 saturated carbocycles. The summed E-state index contributed by atoms with van der Waals surface area (Å²) in [4.78, 5) is 4.60. The van der Waals surface area contributed by atoms with E-state index in [4.69, 9.17) is 10.2 Å². The Labute approximate surface area is 281 Å². The van der Waals surface area contributed by atoms with Gasteiger partial charge in [0, 0.05) is 35.3 Å². The van der Waals surface area contributed by atoms with Crippen molar-refractivity contribution in [3.8, 4) is 22.3 Å². The van der Waals surface area contributed by atoms with Gasteiger partial charge in [0.25, 0.3) is 0 Å². The van der Waals surface area contributed by atoms with Gasteiger partial charge in [-0.25, -0.2) is 0 Å². The summed E-state index contributed by atoms with van der Waals surface area (Å²) in [6.07, 6.45) is 19.0. The Morgan fingerprint density at radius 2 is 1.60 bits per heavy atom. The third-order valence-electron chi connectivity index (χ3n) is 9.40. The minimum atomic E-state index is 0.713. The van der Waals surface area contributed by atoms with E-state index in [-0.39, 0.29) is 0 Å². The second-order valence-electron chi connectivity index (χ2n) is 12.4. The van der Waals surface area contributed by atoms with Gasteiger partial charge in [-0.05, 0) is 112 Å². The Balaban J connectivity index is 1.36. The smallest absolute Gasteiger partial charge is 0.135 e. The predicted octanol–water partition coefficient (Wildman–Crippen LogP) is 11.4. The first-order valence-corrected chi connectivity index (χ1v) is 16.7. The Morgan fingerprint density at radius 3 is 2.44 bits per heavy atom. The highest BCUT2D eigenvalue weighted by Gasteiger charge is 2.17. The highest BCUT2D eigenvalue weighted by molar-refractivity contribution is 6.08. The lowest BCUT2D eigenvalue weighted by Crippen LogP contribution is -2.13. The molecule has 2 heterocycles. The highest BCUT2D eigenvalue weighted by atomic mass is 16.3. The van der Waals surface area contributed by atoms with Crippen LogP contribution in [0.25, 0.3) is 61.0 Å². The van der Waals surface area contributed by atoms with Crippen molar-refractivity contribution in [2.45, 2.75) is 25.7 Å². The van der Waals surface area contributed by atoms with Crippen LogP contribution < -0.4 is 11.1 Å². The number of allylic oxidation sites excluding steroid dienone is 8. The molecule has 0 atom stereocenters. The summed E-state index contributed by atoms with van der Waals surface area (Å²) < 4.78 is 6.16. The maximum absolute atomic E-state index is 6.74. The molecule has 0 radical (unpaired) electrons. The van der Waals surface area contributed by atoms with E-state index in [2.05, 4.69) is 132 Å². The van der Waals surface area contributed by atoms with Crippen molar-refractivity contribution in [2.24, 2.45) is 10.7 Å². The van der Waals surface area contributed by atoms with E-state index in [1.165, 1.54) is 21.9 Å². The van der Waals surface area contributed by atoms with Crippen LogP contribution in [0.4, 0.5) is 5.69 Å². The zero-order valence-electron chi connectivity index (χ0n) is 27.0. The number of furan rings is 1. The predicted molar refractivity (Wildman–Crippen MR) is 204 cm³/mol. The molecule has 3 N–H and O–H groups in total. The van der Waals surface area contributed by atoms with Crippen LogP contribution in [0.3, 0.4) is 0 Å². The number of rotatable bonds is 7. The van der Waals surface area contributed by atoms with Crippen LogP contribution in [0.1, 0.15) is 31.2 Å². The number of hydrogen-bond acceptors (Lipinski definition) is 4. The summed E-state index contributed by atoms with van der Waals surface area (Å²) in [5.41, 5.74) is 19.2. The van der Waals surface area contributed by atoms with E-state index >= 15 is 0 Å². The van der Waals surface area contributed by atoms with E-state index in [1.807, 2.05) is 25.4 Å². The molecule has 0 saturated heterocycles. The van der Waals surface area contributed by atoms with Gasteiger partial charge in [0.2, 0.25) is 0 Å². The van der Waals surface area contributed by atoms with Crippen molar-refractivity contribution < 1.29 is 4.42 Å². The van der Waals surface area contributed by atoms with Crippen molar-refractivity contribution in [2.75, 3.05) is 12.4 Å². The van der Waals surface area contributed by atoms with Gasteiger partial charge in [-0.1, -0.05) is 91.0 Å². The third kappa shape index (κ3) is 5.56. The highest BCUT2D eigenvalue weighted by Crippen LogP contribution is 2.41. The number of anilines is 1. The zero-order valence-corrected chi connectivity index (χ0v) is 27.0. The standard InChI is InChI=1S/C44H37N3O/c1-46-41-22-20-30-13-5-6-14-35(30)44(41)37-26-31(32-21-23-43-38(27-32)36-15-7-8-17-42(36)48-43)18-19-33(37)25-34(29-11-3-2-4-12-29)28-39(45)40-16-9-10-24-47-40/h3,5-8,10-15,17-28,46H,2,4,9,16,45H2,1H3/b34-25+,39-28-. The fourth-order valence-corrected chi connectivity index (χ4v) is 6.93. The number of para-hydroxylation sites is 1. The van der Waals surface area contributed by atoms with Crippen LogP contribution >= 0.6 is 0 Å². The van der Waals surface area contributed by atoms with Crippen LogP contribution in [0.2, 0.25) is 0 Å². The fourth-order valence-electron chi connectivity index (χ4n) is 6.93. The molecule has 0 spiro atoms. The number of nitrogens with two attached hydrogens (primary N) is 1. The maximum Gasteiger partial charge on any atom is 0.135 e. The Hall–Kier alpha value is -5.87. The molecule has 1 aromatic heterocycles. The summed E-state index contributed by atoms with van der Waals surface area (Å²) in [5.74, 6) is 0. The van der Waals surface area contributed by atoms with E-state index in [1.54, 1.807) is 0 Å². The van der Waals surface area contributed by atoms with Gasteiger partial charge in [0.05, 0.1) is 11.4 Å². The Morgan fingerprint density at radius 1 is 0.792 bits per heavy atom. The average Bonchev–Trinajstić information content (AvgIpc) is 3.53. The van der Waals surface area contributed by atoms with Crippen molar-refractivity contribution in [3.05, 3.63) is 156 Å². The largest absolute Gasteiger partial charge is 0.456 e. The molecular weight excluding hydrogens is 587 g/mol. The fraction of sp³-hybridized carbons (Fsp3) is 0.114. The number of hydrogen-bond donors (Lipinski definition) is 2. The molecule has 0 fully saturated rings.